The third-order valence-corrected chi connectivity index (χ3v) is 3.43. The molecule has 3 N–H and O–H groups in total. The highest BCUT2D eigenvalue weighted by Crippen LogP contribution is 2.23. The van der Waals surface area contributed by atoms with Gasteiger partial charge >= 0.3 is 0 Å². The van der Waals surface area contributed by atoms with Crippen molar-refractivity contribution in [3.05, 3.63) is 53.6 Å². The molecule has 0 atom stereocenters. The van der Waals surface area contributed by atoms with Gasteiger partial charge in [-0.15, -0.1) is 0 Å². The summed E-state index contributed by atoms with van der Waals surface area (Å²) in [6.45, 7) is 1.22. The molecule has 0 heterocycles. The van der Waals surface area contributed by atoms with Crippen molar-refractivity contribution in [1.29, 1.82) is 0 Å². The summed E-state index contributed by atoms with van der Waals surface area (Å²) in [4.78, 5) is 22.8. The predicted octanol–water partition coefficient (Wildman–Crippen LogP) is 3.19. The Hall–Kier alpha value is -2.64. The molecule has 0 radical (unpaired) electrons. The molecule has 2 rings (SSSR count). The summed E-state index contributed by atoms with van der Waals surface area (Å²) in [7, 11) is 0. The minimum Gasteiger partial charge on any atom is -0.482 e. The largest absolute Gasteiger partial charge is 0.482 e. The number of nitrogens with one attached hydrogen (secondary N) is 3. The highest BCUT2D eigenvalue weighted by molar-refractivity contribution is 7.80. The van der Waals surface area contributed by atoms with Gasteiger partial charge in [0.15, 0.2) is 11.7 Å². The van der Waals surface area contributed by atoms with Crippen LogP contribution in [0.1, 0.15) is 6.92 Å². The van der Waals surface area contributed by atoms with Crippen molar-refractivity contribution >= 4 is 52.1 Å². The van der Waals surface area contributed by atoms with E-state index < -0.39 is 0 Å². The molecule has 2 aromatic rings. The Morgan fingerprint density at radius 1 is 1.04 bits per heavy atom. The molecule has 2 amide bonds. The summed E-state index contributed by atoms with van der Waals surface area (Å²) < 4.78 is 5.37. The van der Waals surface area contributed by atoms with Crippen LogP contribution in [-0.4, -0.2) is 23.5 Å². The molecule has 0 aliphatic rings. The second-order valence-corrected chi connectivity index (χ2v) is 5.80. The van der Waals surface area contributed by atoms with Crippen LogP contribution >= 0.6 is 23.8 Å². The topological polar surface area (TPSA) is 79.5 Å². The van der Waals surface area contributed by atoms with E-state index in [4.69, 9.17) is 28.6 Å². The predicted molar refractivity (Wildman–Crippen MR) is 102 cm³/mol. The number of amides is 2. The van der Waals surface area contributed by atoms with Gasteiger partial charge in [-0.2, -0.15) is 0 Å². The SMILES string of the molecule is CC(=O)NC(=S)Nc1ccc(NC(=O)COc2ccccc2Cl)cc1. The van der Waals surface area contributed by atoms with Gasteiger partial charge in [-0.05, 0) is 48.6 Å². The normalized spacial score (nSPS) is 9.84. The highest BCUT2D eigenvalue weighted by atomic mass is 35.5. The quantitative estimate of drug-likeness (QED) is 0.697. The number of rotatable bonds is 5. The van der Waals surface area contributed by atoms with Crippen molar-refractivity contribution in [2.75, 3.05) is 17.2 Å². The summed E-state index contributed by atoms with van der Waals surface area (Å²) in [6, 6.07) is 13.8. The lowest BCUT2D eigenvalue weighted by Crippen LogP contribution is -2.32. The Bertz CT molecular complexity index is 781. The van der Waals surface area contributed by atoms with E-state index in [2.05, 4.69) is 16.0 Å². The van der Waals surface area contributed by atoms with Crippen molar-refractivity contribution in [3.63, 3.8) is 0 Å². The van der Waals surface area contributed by atoms with E-state index in [9.17, 15) is 9.59 Å². The van der Waals surface area contributed by atoms with Crippen LogP contribution in [0.25, 0.3) is 0 Å². The maximum Gasteiger partial charge on any atom is 0.262 e. The molecule has 0 fully saturated rings. The molecule has 0 aromatic heterocycles. The Morgan fingerprint density at radius 3 is 2.24 bits per heavy atom. The fraction of sp³-hybridized carbons (Fsp3) is 0.118. The monoisotopic (exact) mass is 377 g/mol. The van der Waals surface area contributed by atoms with Crippen molar-refractivity contribution in [3.8, 4) is 5.75 Å². The number of carbonyl (C=O) groups excluding carboxylic acids is 2. The number of anilines is 2. The minimum atomic E-state index is -0.311. The fourth-order valence-corrected chi connectivity index (χ4v) is 2.31. The number of benzene rings is 2. The average molecular weight is 378 g/mol. The zero-order valence-electron chi connectivity index (χ0n) is 13.3. The lowest BCUT2D eigenvalue weighted by atomic mass is 10.3. The fourth-order valence-electron chi connectivity index (χ4n) is 1.86. The third kappa shape index (κ3) is 6.40. The number of para-hydroxylation sites is 1. The first kappa shape index (κ1) is 18.7. The van der Waals surface area contributed by atoms with E-state index in [1.165, 1.54) is 6.92 Å². The Morgan fingerprint density at radius 2 is 1.64 bits per heavy atom. The summed E-state index contributed by atoms with van der Waals surface area (Å²) >= 11 is 10.9. The molecule has 0 bridgehead atoms. The molecule has 2 aromatic carbocycles. The first-order valence-corrected chi connectivity index (χ1v) is 8.08. The van der Waals surface area contributed by atoms with Gasteiger partial charge in [0.1, 0.15) is 5.75 Å². The maximum atomic E-state index is 11.9. The van der Waals surface area contributed by atoms with Gasteiger partial charge in [-0.3, -0.25) is 9.59 Å². The molecular formula is C17H16ClN3O3S. The lowest BCUT2D eigenvalue weighted by molar-refractivity contribution is -0.118. The Balaban J connectivity index is 1.84. The van der Waals surface area contributed by atoms with Gasteiger partial charge in [-0.25, -0.2) is 0 Å². The number of hydrogen-bond donors (Lipinski definition) is 3. The van der Waals surface area contributed by atoms with Crippen LogP contribution in [0.4, 0.5) is 11.4 Å². The van der Waals surface area contributed by atoms with E-state index >= 15 is 0 Å². The highest BCUT2D eigenvalue weighted by Gasteiger charge is 2.06. The van der Waals surface area contributed by atoms with Gasteiger partial charge in [0.05, 0.1) is 5.02 Å². The number of ether oxygens (including phenoxy) is 1. The standard InChI is InChI=1S/C17H16ClN3O3S/c1-11(22)19-17(25)21-13-8-6-12(7-9-13)20-16(23)10-24-15-5-3-2-4-14(15)18/h2-9H,10H2,1H3,(H,20,23)(H2,19,21,22,25). The van der Waals surface area contributed by atoms with Crippen LogP contribution in [0.15, 0.2) is 48.5 Å². The summed E-state index contributed by atoms with van der Waals surface area (Å²) in [6.07, 6.45) is 0. The van der Waals surface area contributed by atoms with Crippen LogP contribution in [0.5, 0.6) is 5.75 Å². The molecule has 0 unspecified atom stereocenters. The maximum absolute atomic E-state index is 11.9. The number of hydrogen-bond acceptors (Lipinski definition) is 4. The Kier molecular flexibility index (Phi) is 6.73. The first-order valence-electron chi connectivity index (χ1n) is 7.30. The van der Waals surface area contributed by atoms with E-state index in [0.29, 0.717) is 22.1 Å². The van der Waals surface area contributed by atoms with Gasteiger partial charge < -0.3 is 20.7 Å². The number of halogens is 1. The van der Waals surface area contributed by atoms with Crippen molar-refractivity contribution in [2.45, 2.75) is 6.92 Å². The summed E-state index contributed by atoms with van der Waals surface area (Å²) in [5.41, 5.74) is 1.29. The van der Waals surface area contributed by atoms with Crippen LogP contribution < -0.4 is 20.7 Å². The van der Waals surface area contributed by atoms with E-state index in [1.807, 2.05) is 0 Å². The smallest absolute Gasteiger partial charge is 0.262 e. The van der Waals surface area contributed by atoms with E-state index in [0.717, 1.165) is 0 Å². The van der Waals surface area contributed by atoms with Gasteiger partial charge in [0.25, 0.3) is 5.91 Å². The van der Waals surface area contributed by atoms with E-state index in [1.54, 1.807) is 48.5 Å². The third-order valence-electron chi connectivity index (χ3n) is 2.91. The van der Waals surface area contributed by atoms with Gasteiger partial charge in [0.2, 0.25) is 5.91 Å². The van der Waals surface area contributed by atoms with Gasteiger partial charge in [-0.1, -0.05) is 23.7 Å². The zero-order chi connectivity index (χ0) is 18.2. The molecule has 6 nitrogen and oxygen atoms in total. The molecule has 0 spiro atoms. The van der Waals surface area contributed by atoms with Crippen molar-refractivity contribution in [1.82, 2.24) is 5.32 Å². The molecular weight excluding hydrogens is 362 g/mol. The van der Waals surface area contributed by atoms with Crippen LogP contribution in [0.3, 0.4) is 0 Å². The first-order chi connectivity index (χ1) is 11.9. The average Bonchev–Trinajstić information content (AvgIpc) is 2.55. The lowest BCUT2D eigenvalue weighted by Gasteiger charge is -2.10. The minimum absolute atomic E-state index is 0.156. The molecule has 25 heavy (non-hydrogen) atoms. The van der Waals surface area contributed by atoms with Crippen LogP contribution in [0, 0.1) is 0 Å². The molecule has 0 aliphatic carbocycles. The van der Waals surface area contributed by atoms with Crippen LogP contribution in [0.2, 0.25) is 5.02 Å². The second kappa shape index (κ2) is 9.00. The zero-order valence-corrected chi connectivity index (χ0v) is 14.9. The van der Waals surface area contributed by atoms with Crippen molar-refractivity contribution in [2.24, 2.45) is 0 Å². The second-order valence-electron chi connectivity index (χ2n) is 4.98. The van der Waals surface area contributed by atoms with Crippen LogP contribution in [-0.2, 0) is 9.59 Å². The molecule has 0 aliphatic heterocycles. The number of thiocarbonyl (C=S) groups is 1. The summed E-state index contributed by atoms with van der Waals surface area (Å²) in [5, 5.41) is 8.67. The van der Waals surface area contributed by atoms with Crippen molar-refractivity contribution < 1.29 is 14.3 Å². The molecule has 8 heteroatoms. The molecule has 0 saturated heterocycles. The number of carbonyl (C=O) groups is 2. The van der Waals surface area contributed by atoms with Gasteiger partial charge in [0, 0.05) is 18.3 Å². The molecule has 0 saturated carbocycles. The van der Waals surface area contributed by atoms with E-state index in [-0.39, 0.29) is 23.5 Å². The Labute approximate surface area is 155 Å². The summed E-state index contributed by atoms with van der Waals surface area (Å²) in [5.74, 6) is -0.111. The molecule has 130 valence electrons.